The standard InChI is InChI=1S/C15H20F2N2OS/c1-3-21-11-8-7-10(9-11)19(2)15(20)18-14-12(16)5-4-6-13(14)17/h4-6,10-11H,3,7-9H2,1-2H3,(H,18,20)/t10-,11+/m1/s1. The lowest BCUT2D eigenvalue weighted by molar-refractivity contribution is 0.204. The third kappa shape index (κ3) is 3.87. The summed E-state index contributed by atoms with van der Waals surface area (Å²) in [6, 6.07) is 3.19. The lowest BCUT2D eigenvalue weighted by Crippen LogP contribution is -2.39. The zero-order chi connectivity index (χ0) is 15.4. The Morgan fingerprint density at radius 2 is 2.05 bits per heavy atom. The number of para-hydroxylation sites is 1. The van der Waals surface area contributed by atoms with Crippen LogP contribution in [0.3, 0.4) is 0 Å². The molecule has 0 unspecified atom stereocenters. The molecule has 0 bridgehead atoms. The van der Waals surface area contributed by atoms with E-state index in [2.05, 4.69) is 12.2 Å². The van der Waals surface area contributed by atoms with Crippen molar-refractivity contribution in [2.75, 3.05) is 18.1 Å². The minimum absolute atomic E-state index is 0.129. The molecule has 1 aliphatic carbocycles. The van der Waals surface area contributed by atoms with Crippen molar-refractivity contribution in [2.24, 2.45) is 0 Å². The van der Waals surface area contributed by atoms with Crippen molar-refractivity contribution in [3.8, 4) is 0 Å². The molecule has 1 saturated carbocycles. The van der Waals surface area contributed by atoms with E-state index in [1.165, 1.54) is 6.07 Å². The Morgan fingerprint density at radius 3 is 2.67 bits per heavy atom. The highest BCUT2D eigenvalue weighted by atomic mass is 32.2. The van der Waals surface area contributed by atoms with Crippen LogP contribution in [0.15, 0.2) is 18.2 Å². The van der Waals surface area contributed by atoms with Gasteiger partial charge in [-0.25, -0.2) is 13.6 Å². The number of amides is 2. The maximum atomic E-state index is 13.5. The van der Waals surface area contributed by atoms with Crippen LogP contribution in [0.1, 0.15) is 26.2 Å². The van der Waals surface area contributed by atoms with Gasteiger partial charge < -0.3 is 10.2 Å². The number of hydrogen-bond donors (Lipinski definition) is 1. The molecule has 0 aromatic heterocycles. The maximum Gasteiger partial charge on any atom is 0.321 e. The normalized spacial score (nSPS) is 21.3. The Bertz CT molecular complexity index is 492. The molecule has 21 heavy (non-hydrogen) atoms. The van der Waals surface area contributed by atoms with Crippen LogP contribution in [0.25, 0.3) is 0 Å². The van der Waals surface area contributed by atoms with E-state index in [0.29, 0.717) is 5.25 Å². The molecule has 1 aromatic carbocycles. The third-order valence-corrected chi connectivity index (χ3v) is 5.05. The second-order valence-electron chi connectivity index (χ2n) is 5.18. The van der Waals surface area contributed by atoms with Crippen molar-refractivity contribution in [1.82, 2.24) is 4.90 Å². The number of carbonyl (C=O) groups excluding carboxylic acids is 1. The summed E-state index contributed by atoms with van der Waals surface area (Å²) in [5.74, 6) is -0.460. The molecule has 1 fully saturated rings. The minimum Gasteiger partial charge on any atom is -0.325 e. The molecule has 6 heteroatoms. The fourth-order valence-electron chi connectivity index (χ4n) is 2.63. The molecule has 0 aliphatic heterocycles. The van der Waals surface area contributed by atoms with Crippen LogP contribution in [0.2, 0.25) is 0 Å². The summed E-state index contributed by atoms with van der Waals surface area (Å²) in [5.41, 5.74) is -0.383. The van der Waals surface area contributed by atoms with Crippen molar-refractivity contribution in [1.29, 1.82) is 0 Å². The predicted molar refractivity (Wildman–Crippen MR) is 82.7 cm³/mol. The summed E-state index contributed by atoms with van der Waals surface area (Å²) < 4.78 is 27.1. The summed E-state index contributed by atoms with van der Waals surface area (Å²) in [5, 5.41) is 2.90. The number of nitrogens with one attached hydrogen (secondary N) is 1. The van der Waals surface area contributed by atoms with Crippen LogP contribution >= 0.6 is 11.8 Å². The van der Waals surface area contributed by atoms with Gasteiger partial charge in [-0.05, 0) is 37.1 Å². The number of benzene rings is 1. The molecule has 116 valence electrons. The number of carbonyl (C=O) groups is 1. The van der Waals surface area contributed by atoms with Gasteiger partial charge in [0.05, 0.1) is 0 Å². The number of urea groups is 1. The topological polar surface area (TPSA) is 32.3 Å². The smallest absolute Gasteiger partial charge is 0.321 e. The van der Waals surface area contributed by atoms with Crippen LogP contribution in [-0.2, 0) is 0 Å². The van der Waals surface area contributed by atoms with Gasteiger partial charge in [-0.15, -0.1) is 0 Å². The van der Waals surface area contributed by atoms with Gasteiger partial charge in [-0.1, -0.05) is 13.0 Å². The Balaban J connectivity index is 1.97. The molecular formula is C15H20F2N2OS. The molecule has 1 aliphatic rings. The van der Waals surface area contributed by atoms with Gasteiger partial charge in [0, 0.05) is 18.3 Å². The molecule has 1 N–H and O–H groups in total. The van der Waals surface area contributed by atoms with E-state index in [9.17, 15) is 13.6 Å². The monoisotopic (exact) mass is 314 g/mol. The SMILES string of the molecule is CCS[C@H]1CC[C@@H](N(C)C(=O)Nc2c(F)cccc2F)C1. The first-order valence-electron chi connectivity index (χ1n) is 7.12. The van der Waals surface area contributed by atoms with Crippen LogP contribution < -0.4 is 5.32 Å². The van der Waals surface area contributed by atoms with E-state index >= 15 is 0 Å². The molecule has 3 nitrogen and oxygen atoms in total. The van der Waals surface area contributed by atoms with E-state index in [1.54, 1.807) is 11.9 Å². The van der Waals surface area contributed by atoms with E-state index in [4.69, 9.17) is 0 Å². The summed E-state index contributed by atoms with van der Waals surface area (Å²) in [4.78, 5) is 13.7. The van der Waals surface area contributed by atoms with E-state index in [0.717, 1.165) is 37.1 Å². The largest absolute Gasteiger partial charge is 0.325 e. The molecule has 0 heterocycles. The first-order valence-corrected chi connectivity index (χ1v) is 8.17. The number of nitrogens with zero attached hydrogens (tertiary/aromatic N) is 1. The number of anilines is 1. The molecule has 2 amide bonds. The van der Waals surface area contributed by atoms with Crippen LogP contribution in [0.5, 0.6) is 0 Å². The predicted octanol–water partition coefficient (Wildman–Crippen LogP) is 4.10. The van der Waals surface area contributed by atoms with Gasteiger partial charge >= 0.3 is 6.03 Å². The Labute approximate surface area is 128 Å². The van der Waals surface area contributed by atoms with Gasteiger partial charge in [0.2, 0.25) is 0 Å². The maximum absolute atomic E-state index is 13.5. The van der Waals surface area contributed by atoms with Crippen LogP contribution in [0, 0.1) is 11.6 Å². The Hall–Kier alpha value is -1.30. The zero-order valence-corrected chi connectivity index (χ0v) is 13.1. The van der Waals surface area contributed by atoms with Crippen LogP contribution in [-0.4, -0.2) is 35.0 Å². The number of rotatable bonds is 4. The summed E-state index contributed by atoms with van der Waals surface area (Å²) in [6.07, 6.45) is 2.94. The number of thioether (sulfide) groups is 1. The molecular weight excluding hydrogens is 294 g/mol. The molecule has 0 spiro atoms. The lowest BCUT2D eigenvalue weighted by Gasteiger charge is -2.25. The van der Waals surface area contributed by atoms with E-state index < -0.39 is 17.7 Å². The fraction of sp³-hybridized carbons (Fsp3) is 0.533. The molecule has 1 aromatic rings. The van der Waals surface area contributed by atoms with Crippen LogP contribution in [0.4, 0.5) is 19.3 Å². The summed E-state index contributed by atoms with van der Waals surface area (Å²) in [7, 11) is 1.68. The Kier molecular flexibility index (Phi) is 5.45. The minimum atomic E-state index is -0.761. The first-order chi connectivity index (χ1) is 10.0. The third-order valence-electron chi connectivity index (χ3n) is 3.82. The second kappa shape index (κ2) is 7.11. The molecule has 2 rings (SSSR count). The quantitative estimate of drug-likeness (QED) is 0.907. The summed E-state index contributed by atoms with van der Waals surface area (Å²) >= 11 is 1.90. The highest BCUT2D eigenvalue weighted by Gasteiger charge is 2.30. The molecule has 0 saturated heterocycles. The average Bonchev–Trinajstić information content (AvgIpc) is 2.91. The fourth-order valence-corrected chi connectivity index (χ4v) is 3.77. The van der Waals surface area contributed by atoms with Crippen molar-refractivity contribution in [3.63, 3.8) is 0 Å². The van der Waals surface area contributed by atoms with Gasteiger partial charge in [0.15, 0.2) is 0 Å². The molecule has 2 atom stereocenters. The zero-order valence-electron chi connectivity index (χ0n) is 12.2. The van der Waals surface area contributed by atoms with Crippen molar-refractivity contribution in [2.45, 2.75) is 37.5 Å². The highest BCUT2D eigenvalue weighted by molar-refractivity contribution is 7.99. The first kappa shape index (κ1) is 16.1. The van der Waals surface area contributed by atoms with Gasteiger partial charge in [-0.3, -0.25) is 0 Å². The van der Waals surface area contributed by atoms with E-state index in [1.807, 2.05) is 11.8 Å². The van der Waals surface area contributed by atoms with Gasteiger partial charge in [-0.2, -0.15) is 11.8 Å². The highest BCUT2D eigenvalue weighted by Crippen LogP contribution is 2.32. The number of halogens is 2. The lowest BCUT2D eigenvalue weighted by atomic mass is 10.2. The molecule has 0 radical (unpaired) electrons. The Morgan fingerprint density at radius 1 is 1.38 bits per heavy atom. The van der Waals surface area contributed by atoms with Crippen molar-refractivity contribution in [3.05, 3.63) is 29.8 Å². The number of hydrogen-bond acceptors (Lipinski definition) is 2. The van der Waals surface area contributed by atoms with Crippen molar-refractivity contribution >= 4 is 23.5 Å². The second-order valence-corrected chi connectivity index (χ2v) is 6.76. The average molecular weight is 314 g/mol. The van der Waals surface area contributed by atoms with Crippen molar-refractivity contribution < 1.29 is 13.6 Å². The van der Waals surface area contributed by atoms with Gasteiger partial charge in [0.25, 0.3) is 0 Å². The van der Waals surface area contributed by atoms with E-state index in [-0.39, 0.29) is 11.7 Å². The summed E-state index contributed by atoms with van der Waals surface area (Å²) in [6.45, 7) is 2.12. The van der Waals surface area contributed by atoms with Gasteiger partial charge in [0.1, 0.15) is 17.3 Å².